The lowest BCUT2D eigenvalue weighted by Crippen LogP contribution is -2.32. The number of hydrogen-bond acceptors (Lipinski definition) is 2. The van der Waals surface area contributed by atoms with Gasteiger partial charge in [0.25, 0.3) is 0 Å². The molecule has 2 aromatic rings. The highest BCUT2D eigenvalue weighted by molar-refractivity contribution is 5.24. The van der Waals surface area contributed by atoms with Gasteiger partial charge in [-0.25, -0.2) is 4.98 Å². The van der Waals surface area contributed by atoms with Crippen LogP contribution in [-0.2, 0) is 13.0 Å². The fourth-order valence-corrected chi connectivity index (χ4v) is 2.55. The van der Waals surface area contributed by atoms with Gasteiger partial charge in [-0.05, 0) is 31.4 Å². The van der Waals surface area contributed by atoms with Crippen LogP contribution in [0.4, 0.5) is 0 Å². The highest BCUT2D eigenvalue weighted by Gasteiger charge is 2.09. The van der Waals surface area contributed by atoms with Gasteiger partial charge < -0.3 is 9.88 Å². The van der Waals surface area contributed by atoms with E-state index < -0.39 is 0 Å². The Morgan fingerprint density at radius 3 is 2.55 bits per heavy atom. The van der Waals surface area contributed by atoms with Gasteiger partial charge in [-0.2, -0.15) is 0 Å². The first-order valence-corrected chi connectivity index (χ1v) is 7.49. The summed E-state index contributed by atoms with van der Waals surface area (Å²) >= 11 is 0. The second-order valence-electron chi connectivity index (χ2n) is 5.54. The number of rotatable bonds is 7. The Morgan fingerprint density at radius 1 is 1.20 bits per heavy atom. The van der Waals surface area contributed by atoms with Crippen molar-refractivity contribution in [1.82, 2.24) is 14.9 Å². The number of imidazole rings is 1. The van der Waals surface area contributed by atoms with Crippen LogP contribution in [-0.4, -0.2) is 15.6 Å². The standard InChI is InChI=1S/C17H25N3/c1-4-5-16-6-8-17(9-7-16)15(3)19-14(2)12-20-11-10-18-13-20/h6-11,13-15,19H,4-5,12H2,1-3H3. The Bertz CT molecular complexity index is 487. The van der Waals surface area contributed by atoms with Crippen molar-refractivity contribution in [2.45, 2.75) is 52.2 Å². The molecule has 3 nitrogen and oxygen atoms in total. The Balaban J connectivity index is 1.88. The van der Waals surface area contributed by atoms with Crippen LogP contribution in [0.1, 0.15) is 44.4 Å². The highest BCUT2D eigenvalue weighted by atomic mass is 15.1. The zero-order valence-corrected chi connectivity index (χ0v) is 12.7. The third kappa shape index (κ3) is 4.20. The van der Waals surface area contributed by atoms with Gasteiger partial charge in [0.1, 0.15) is 0 Å². The molecule has 0 saturated heterocycles. The number of benzene rings is 1. The van der Waals surface area contributed by atoms with E-state index in [1.165, 1.54) is 24.0 Å². The van der Waals surface area contributed by atoms with E-state index in [4.69, 9.17) is 0 Å². The molecule has 0 amide bonds. The summed E-state index contributed by atoms with van der Waals surface area (Å²) in [7, 11) is 0. The van der Waals surface area contributed by atoms with Crippen molar-refractivity contribution in [3.63, 3.8) is 0 Å². The molecule has 0 fully saturated rings. The van der Waals surface area contributed by atoms with Crippen LogP contribution in [0.2, 0.25) is 0 Å². The summed E-state index contributed by atoms with van der Waals surface area (Å²) < 4.78 is 2.11. The lowest BCUT2D eigenvalue weighted by atomic mass is 10.0. The number of nitrogens with zero attached hydrogens (tertiary/aromatic N) is 2. The van der Waals surface area contributed by atoms with E-state index in [1.807, 2.05) is 18.7 Å². The summed E-state index contributed by atoms with van der Waals surface area (Å²) in [6.07, 6.45) is 8.06. The summed E-state index contributed by atoms with van der Waals surface area (Å²) in [5, 5.41) is 3.64. The predicted octanol–water partition coefficient (Wildman–Crippen LogP) is 3.57. The molecule has 1 heterocycles. The van der Waals surface area contributed by atoms with E-state index >= 15 is 0 Å². The second-order valence-corrected chi connectivity index (χ2v) is 5.54. The smallest absolute Gasteiger partial charge is 0.0946 e. The summed E-state index contributed by atoms with van der Waals surface area (Å²) in [4.78, 5) is 4.07. The fourth-order valence-electron chi connectivity index (χ4n) is 2.55. The van der Waals surface area contributed by atoms with E-state index in [-0.39, 0.29) is 0 Å². The van der Waals surface area contributed by atoms with E-state index in [2.05, 4.69) is 59.9 Å². The fraction of sp³-hybridized carbons (Fsp3) is 0.471. The van der Waals surface area contributed by atoms with Gasteiger partial charge >= 0.3 is 0 Å². The summed E-state index contributed by atoms with van der Waals surface area (Å²) in [5.41, 5.74) is 2.78. The average Bonchev–Trinajstić information content (AvgIpc) is 2.92. The average molecular weight is 271 g/mol. The number of aromatic nitrogens is 2. The zero-order chi connectivity index (χ0) is 14.4. The molecule has 1 N–H and O–H groups in total. The van der Waals surface area contributed by atoms with Crippen molar-refractivity contribution in [2.75, 3.05) is 0 Å². The van der Waals surface area contributed by atoms with Crippen molar-refractivity contribution in [3.8, 4) is 0 Å². The molecular formula is C17H25N3. The first-order chi connectivity index (χ1) is 9.69. The van der Waals surface area contributed by atoms with Crippen LogP contribution in [0.25, 0.3) is 0 Å². The van der Waals surface area contributed by atoms with Gasteiger partial charge in [-0.1, -0.05) is 37.6 Å². The molecule has 0 spiro atoms. The Hall–Kier alpha value is -1.61. The molecule has 0 radical (unpaired) electrons. The first kappa shape index (κ1) is 14.8. The third-order valence-electron chi connectivity index (χ3n) is 3.60. The molecule has 0 saturated carbocycles. The van der Waals surface area contributed by atoms with Gasteiger partial charge in [0.05, 0.1) is 6.33 Å². The van der Waals surface area contributed by atoms with Crippen molar-refractivity contribution in [3.05, 3.63) is 54.1 Å². The molecule has 1 aromatic carbocycles. The van der Waals surface area contributed by atoms with Gasteiger partial charge in [-0.3, -0.25) is 0 Å². The SMILES string of the molecule is CCCc1ccc(C(C)NC(C)Cn2ccnc2)cc1. The number of aryl methyl sites for hydroxylation is 1. The lowest BCUT2D eigenvalue weighted by molar-refractivity contribution is 0.430. The van der Waals surface area contributed by atoms with Gasteiger partial charge in [0.2, 0.25) is 0 Å². The van der Waals surface area contributed by atoms with E-state index in [1.54, 1.807) is 0 Å². The van der Waals surface area contributed by atoms with E-state index in [0.717, 1.165) is 6.54 Å². The predicted molar refractivity (Wildman–Crippen MR) is 83.7 cm³/mol. The normalized spacial score (nSPS) is 14.2. The molecule has 0 bridgehead atoms. The molecule has 20 heavy (non-hydrogen) atoms. The van der Waals surface area contributed by atoms with Gasteiger partial charge in [0.15, 0.2) is 0 Å². The quantitative estimate of drug-likeness (QED) is 0.834. The molecule has 1 aromatic heterocycles. The minimum atomic E-state index is 0.365. The molecular weight excluding hydrogens is 246 g/mol. The van der Waals surface area contributed by atoms with Crippen LogP contribution in [0.5, 0.6) is 0 Å². The van der Waals surface area contributed by atoms with Crippen LogP contribution in [0.3, 0.4) is 0 Å². The van der Waals surface area contributed by atoms with Crippen LogP contribution in [0.15, 0.2) is 43.0 Å². The monoisotopic (exact) mass is 271 g/mol. The molecule has 0 aliphatic carbocycles. The molecule has 0 aliphatic rings. The molecule has 2 unspecified atom stereocenters. The molecule has 2 atom stereocenters. The molecule has 2 rings (SSSR count). The number of nitrogens with one attached hydrogen (secondary N) is 1. The zero-order valence-electron chi connectivity index (χ0n) is 12.7. The first-order valence-electron chi connectivity index (χ1n) is 7.49. The summed E-state index contributed by atoms with van der Waals surface area (Å²) in [6, 6.07) is 9.76. The maximum atomic E-state index is 4.07. The van der Waals surface area contributed by atoms with Crippen molar-refractivity contribution < 1.29 is 0 Å². The molecule has 0 aliphatic heterocycles. The van der Waals surface area contributed by atoms with E-state index in [9.17, 15) is 0 Å². The largest absolute Gasteiger partial charge is 0.336 e. The third-order valence-corrected chi connectivity index (χ3v) is 3.60. The summed E-state index contributed by atoms with van der Waals surface area (Å²) in [5.74, 6) is 0. The van der Waals surface area contributed by atoms with Gasteiger partial charge in [-0.15, -0.1) is 0 Å². The minimum absolute atomic E-state index is 0.365. The maximum absolute atomic E-state index is 4.07. The van der Waals surface area contributed by atoms with Crippen molar-refractivity contribution in [2.24, 2.45) is 0 Å². The Morgan fingerprint density at radius 2 is 1.95 bits per heavy atom. The van der Waals surface area contributed by atoms with Crippen LogP contribution >= 0.6 is 0 Å². The summed E-state index contributed by atoms with van der Waals surface area (Å²) in [6.45, 7) is 7.59. The van der Waals surface area contributed by atoms with Gasteiger partial charge in [0, 0.05) is 31.0 Å². The minimum Gasteiger partial charge on any atom is -0.336 e. The second kappa shape index (κ2) is 7.25. The van der Waals surface area contributed by atoms with Crippen molar-refractivity contribution in [1.29, 1.82) is 0 Å². The lowest BCUT2D eigenvalue weighted by Gasteiger charge is -2.21. The van der Waals surface area contributed by atoms with Crippen molar-refractivity contribution >= 4 is 0 Å². The topological polar surface area (TPSA) is 29.9 Å². The maximum Gasteiger partial charge on any atom is 0.0946 e. The molecule has 3 heteroatoms. The van der Waals surface area contributed by atoms with E-state index in [0.29, 0.717) is 12.1 Å². The Kier molecular flexibility index (Phi) is 5.36. The number of hydrogen-bond donors (Lipinski definition) is 1. The molecule has 108 valence electrons. The van der Waals surface area contributed by atoms with Crippen LogP contribution < -0.4 is 5.32 Å². The highest BCUT2D eigenvalue weighted by Crippen LogP contribution is 2.15. The van der Waals surface area contributed by atoms with Crippen LogP contribution in [0, 0.1) is 0 Å². The Labute approximate surface area is 122 Å².